The van der Waals surface area contributed by atoms with Crippen LogP contribution in [-0.2, 0) is 14.8 Å². The SMILES string of the molecule is CCC(=O)NC1CCN(S(=O)(=O)c2ccc(N)nc2)CC1. The highest BCUT2D eigenvalue weighted by Gasteiger charge is 2.29. The van der Waals surface area contributed by atoms with Gasteiger partial charge in [-0.1, -0.05) is 6.92 Å². The molecule has 8 heteroatoms. The number of hydrogen-bond donors (Lipinski definition) is 2. The van der Waals surface area contributed by atoms with E-state index in [-0.39, 0.29) is 22.7 Å². The Kier molecular flexibility index (Phi) is 4.79. The van der Waals surface area contributed by atoms with Gasteiger partial charge in [-0.05, 0) is 25.0 Å². The molecule has 7 nitrogen and oxygen atoms in total. The van der Waals surface area contributed by atoms with E-state index in [1.807, 2.05) is 0 Å². The third-order valence-electron chi connectivity index (χ3n) is 3.54. The summed E-state index contributed by atoms with van der Waals surface area (Å²) in [6, 6.07) is 2.98. The Morgan fingerprint density at radius 1 is 1.43 bits per heavy atom. The molecule has 0 unspecified atom stereocenters. The summed E-state index contributed by atoms with van der Waals surface area (Å²) in [5.41, 5.74) is 5.47. The fourth-order valence-electron chi connectivity index (χ4n) is 2.26. The second kappa shape index (κ2) is 6.40. The number of nitrogens with one attached hydrogen (secondary N) is 1. The second-order valence-electron chi connectivity index (χ2n) is 5.02. The first-order valence-corrected chi connectivity index (χ1v) is 8.38. The molecule has 3 N–H and O–H groups in total. The number of anilines is 1. The van der Waals surface area contributed by atoms with E-state index in [1.54, 1.807) is 6.92 Å². The Hall–Kier alpha value is -1.67. The molecule has 2 heterocycles. The molecule has 116 valence electrons. The minimum absolute atomic E-state index is 0.000887. The zero-order chi connectivity index (χ0) is 15.5. The Balaban J connectivity index is 2.01. The van der Waals surface area contributed by atoms with Crippen LogP contribution >= 0.6 is 0 Å². The molecule has 2 rings (SSSR count). The van der Waals surface area contributed by atoms with Gasteiger partial charge in [0.2, 0.25) is 15.9 Å². The van der Waals surface area contributed by atoms with Crippen LogP contribution in [0.5, 0.6) is 0 Å². The van der Waals surface area contributed by atoms with Crippen molar-refractivity contribution in [3.05, 3.63) is 18.3 Å². The largest absolute Gasteiger partial charge is 0.384 e. The number of carbonyl (C=O) groups is 1. The van der Waals surface area contributed by atoms with Gasteiger partial charge in [-0.2, -0.15) is 4.31 Å². The summed E-state index contributed by atoms with van der Waals surface area (Å²) in [5, 5.41) is 2.90. The van der Waals surface area contributed by atoms with Crippen LogP contribution in [0.25, 0.3) is 0 Å². The van der Waals surface area contributed by atoms with E-state index in [4.69, 9.17) is 5.73 Å². The van der Waals surface area contributed by atoms with Crippen LogP contribution in [0.1, 0.15) is 26.2 Å². The maximum atomic E-state index is 12.4. The lowest BCUT2D eigenvalue weighted by atomic mass is 10.1. The zero-order valence-corrected chi connectivity index (χ0v) is 12.8. The van der Waals surface area contributed by atoms with Crippen LogP contribution < -0.4 is 11.1 Å². The molecule has 0 bridgehead atoms. The van der Waals surface area contributed by atoms with Crippen molar-refractivity contribution in [3.63, 3.8) is 0 Å². The molecule has 0 radical (unpaired) electrons. The fourth-order valence-corrected chi connectivity index (χ4v) is 3.68. The zero-order valence-electron chi connectivity index (χ0n) is 11.9. The second-order valence-corrected chi connectivity index (χ2v) is 6.96. The summed E-state index contributed by atoms with van der Waals surface area (Å²) < 4.78 is 26.3. The molecule has 0 atom stereocenters. The molecule has 1 aromatic rings. The quantitative estimate of drug-likeness (QED) is 0.834. The van der Waals surface area contributed by atoms with Crippen molar-refractivity contribution in [1.82, 2.24) is 14.6 Å². The van der Waals surface area contributed by atoms with E-state index in [9.17, 15) is 13.2 Å². The lowest BCUT2D eigenvalue weighted by Crippen LogP contribution is -2.46. The highest BCUT2D eigenvalue weighted by atomic mass is 32.2. The number of amides is 1. The number of nitrogens with zero attached hydrogens (tertiary/aromatic N) is 2. The minimum Gasteiger partial charge on any atom is -0.384 e. The summed E-state index contributed by atoms with van der Waals surface area (Å²) in [6.07, 6.45) is 2.95. The van der Waals surface area contributed by atoms with Crippen LogP contribution in [0.2, 0.25) is 0 Å². The lowest BCUT2D eigenvalue weighted by Gasteiger charge is -2.31. The molecule has 1 fully saturated rings. The third kappa shape index (κ3) is 3.70. The summed E-state index contributed by atoms with van der Waals surface area (Å²) in [6.45, 7) is 2.58. The predicted octanol–water partition coefficient (Wildman–Crippen LogP) is 0.343. The number of aromatic nitrogens is 1. The maximum absolute atomic E-state index is 12.4. The highest BCUT2D eigenvalue weighted by Crippen LogP contribution is 2.20. The van der Waals surface area contributed by atoms with E-state index in [2.05, 4.69) is 10.3 Å². The number of piperidine rings is 1. The minimum atomic E-state index is -3.53. The molecular weight excluding hydrogens is 292 g/mol. The number of pyridine rings is 1. The van der Waals surface area contributed by atoms with Crippen molar-refractivity contribution in [2.45, 2.75) is 37.1 Å². The number of nitrogen functional groups attached to an aromatic ring is 1. The topological polar surface area (TPSA) is 105 Å². The van der Waals surface area contributed by atoms with Crippen LogP contribution in [0.15, 0.2) is 23.2 Å². The van der Waals surface area contributed by atoms with Gasteiger partial charge in [-0.15, -0.1) is 0 Å². The van der Waals surface area contributed by atoms with Crippen molar-refractivity contribution in [2.24, 2.45) is 0 Å². The van der Waals surface area contributed by atoms with Crippen molar-refractivity contribution in [2.75, 3.05) is 18.8 Å². The van der Waals surface area contributed by atoms with Gasteiger partial charge < -0.3 is 11.1 Å². The molecule has 1 aliphatic heterocycles. The molecule has 1 saturated heterocycles. The van der Waals surface area contributed by atoms with Gasteiger partial charge in [0.1, 0.15) is 10.7 Å². The molecule has 0 aromatic carbocycles. The first kappa shape index (κ1) is 15.7. The molecular formula is C13H20N4O3S. The monoisotopic (exact) mass is 312 g/mol. The van der Waals surface area contributed by atoms with Gasteiger partial charge in [0.15, 0.2) is 0 Å². The van der Waals surface area contributed by atoms with Gasteiger partial charge in [-0.3, -0.25) is 4.79 Å². The average molecular weight is 312 g/mol. The number of carbonyl (C=O) groups excluding carboxylic acids is 1. The van der Waals surface area contributed by atoms with Crippen LogP contribution in [-0.4, -0.2) is 42.7 Å². The molecule has 1 aliphatic rings. The summed E-state index contributed by atoms with van der Waals surface area (Å²) >= 11 is 0. The Morgan fingerprint density at radius 2 is 2.10 bits per heavy atom. The summed E-state index contributed by atoms with van der Waals surface area (Å²) in [5.74, 6) is 0.286. The summed E-state index contributed by atoms with van der Waals surface area (Å²) in [7, 11) is -3.53. The Bertz CT molecular complexity index is 592. The van der Waals surface area contributed by atoms with E-state index in [1.165, 1.54) is 22.6 Å². The predicted molar refractivity (Wildman–Crippen MR) is 78.9 cm³/mol. The molecule has 1 aromatic heterocycles. The van der Waals surface area contributed by atoms with E-state index >= 15 is 0 Å². The van der Waals surface area contributed by atoms with Crippen LogP contribution in [0.3, 0.4) is 0 Å². The van der Waals surface area contributed by atoms with E-state index < -0.39 is 10.0 Å². The number of sulfonamides is 1. The molecule has 21 heavy (non-hydrogen) atoms. The molecule has 0 spiro atoms. The van der Waals surface area contributed by atoms with E-state index in [0.717, 1.165) is 0 Å². The van der Waals surface area contributed by atoms with Crippen molar-refractivity contribution in [1.29, 1.82) is 0 Å². The molecule has 0 saturated carbocycles. The maximum Gasteiger partial charge on any atom is 0.244 e. The number of hydrogen-bond acceptors (Lipinski definition) is 5. The Labute approximate surface area is 124 Å². The van der Waals surface area contributed by atoms with Crippen LogP contribution in [0, 0.1) is 0 Å². The number of rotatable bonds is 4. The first-order chi connectivity index (χ1) is 9.93. The highest BCUT2D eigenvalue weighted by molar-refractivity contribution is 7.89. The normalized spacial score (nSPS) is 17.6. The third-order valence-corrected chi connectivity index (χ3v) is 5.42. The van der Waals surface area contributed by atoms with Crippen molar-refractivity contribution >= 4 is 21.7 Å². The number of nitrogens with two attached hydrogens (primary N) is 1. The van der Waals surface area contributed by atoms with E-state index in [0.29, 0.717) is 32.4 Å². The van der Waals surface area contributed by atoms with Crippen molar-refractivity contribution in [3.8, 4) is 0 Å². The van der Waals surface area contributed by atoms with Gasteiger partial charge in [0.05, 0.1) is 0 Å². The van der Waals surface area contributed by atoms with Gasteiger partial charge in [-0.25, -0.2) is 13.4 Å². The van der Waals surface area contributed by atoms with Gasteiger partial charge >= 0.3 is 0 Å². The first-order valence-electron chi connectivity index (χ1n) is 6.94. The lowest BCUT2D eigenvalue weighted by molar-refractivity contribution is -0.121. The van der Waals surface area contributed by atoms with Crippen molar-refractivity contribution < 1.29 is 13.2 Å². The average Bonchev–Trinajstić information content (AvgIpc) is 2.48. The van der Waals surface area contributed by atoms with Gasteiger partial charge in [0, 0.05) is 31.7 Å². The van der Waals surface area contributed by atoms with Gasteiger partial charge in [0.25, 0.3) is 0 Å². The summed E-state index contributed by atoms with van der Waals surface area (Å²) in [4.78, 5) is 15.3. The van der Waals surface area contributed by atoms with Crippen LogP contribution in [0.4, 0.5) is 5.82 Å². The Morgan fingerprint density at radius 3 is 2.62 bits per heavy atom. The smallest absolute Gasteiger partial charge is 0.244 e. The standard InChI is InChI=1S/C13H20N4O3S/c1-2-13(18)16-10-5-7-17(8-6-10)21(19,20)11-3-4-12(14)15-9-11/h3-4,9-10H,2,5-8H2,1H3,(H2,14,15)(H,16,18). The molecule has 0 aliphatic carbocycles. The fraction of sp³-hybridized carbons (Fsp3) is 0.538. The molecule has 1 amide bonds.